The molecule has 1 aromatic rings. The van der Waals surface area contributed by atoms with Crippen molar-refractivity contribution in [2.75, 3.05) is 25.0 Å². The first-order chi connectivity index (χ1) is 9.19. The highest BCUT2D eigenvalue weighted by Gasteiger charge is 2.24. The summed E-state index contributed by atoms with van der Waals surface area (Å²) in [6.45, 7) is 2.51. The number of halogens is 1. The van der Waals surface area contributed by atoms with E-state index in [2.05, 4.69) is 38.7 Å². The van der Waals surface area contributed by atoms with Gasteiger partial charge in [-0.25, -0.2) is 0 Å². The summed E-state index contributed by atoms with van der Waals surface area (Å²) in [5, 5.41) is 2.98. The molecular formula is C15H17IN2O. The Bertz CT molecular complexity index is 470. The highest BCUT2D eigenvalue weighted by molar-refractivity contribution is 14.1. The zero-order valence-electron chi connectivity index (χ0n) is 10.7. The largest absolute Gasteiger partial charge is 0.326 e. The lowest BCUT2D eigenvalue weighted by atomic mass is 9.96. The Morgan fingerprint density at radius 3 is 2.58 bits per heavy atom. The lowest BCUT2D eigenvalue weighted by Gasteiger charge is -2.29. The van der Waals surface area contributed by atoms with Gasteiger partial charge in [0, 0.05) is 15.2 Å². The first-order valence-electron chi connectivity index (χ1n) is 6.41. The maximum Gasteiger partial charge on any atom is 0.227 e. The van der Waals surface area contributed by atoms with Gasteiger partial charge in [-0.05, 0) is 72.8 Å². The molecule has 1 saturated heterocycles. The molecule has 0 unspecified atom stereocenters. The molecule has 100 valence electrons. The van der Waals surface area contributed by atoms with Crippen molar-refractivity contribution >= 4 is 34.2 Å². The van der Waals surface area contributed by atoms with E-state index in [0.29, 0.717) is 6.54 Å². The fourth-order valence-corrected chi connectivity index (χ4v) is 2.62. The van der Waals surface area contributed by atoms with E-state index < -0.39 is 0 Å². The zero-order valence-corrected chi connectivity index (χ0v) is 12.9. The second-order valence-electron chi connectivity index (χ2n) is 4.75. The van der Waals surface area contributed by atoms with Crippen LogP contribution in [-0.2, 0) is 4.79 Å². The lowest BCUT2D eigenvalue weighted by Crippen LogP contribution is -2.38. The van der Waals surface area contributed by atoms with E-state index in [1.807, 2.05) is 24.3 Å². The first kappa shape index (κ1) is 14.4. The predicted molar refractivity (Wildman–Crippen MR) is 85.8 cm³/mol. The highest BCUT2D eigenvalue weighted by atomic mass is 127. The summed E-state index contributed by atoms with van der Waals surface area (Å²) in [5.41, 5.74) is 0.872. The zero-order chi connectivity index (χ0) is 13.7. The molecular weight excluding hydrogens is 351 g/mol. The highest BCUT2D eigenvalue weighted by Crippen LogP contribution is 2.19. The number of nitrogens with zero attached hydrogens (tertiary/aromatic N) is 1. The Morgan fingerprint density at radius 2 is 2.00 bits per heavy atom. The summed E-state index contributed by atoms with van der Waals surface area (Å²) in [5.74, 6) is 2.88. The minimum Gasteiger partial charge on any atom is -0.326 e. The van der Waals surface area contributed by atoms with Crippen LogP contribution >= 0.6 is 22.6 Å². The number of hydrogen-bond acceptors (Lipinski definition) is 2. The molecule has 4 heteroatoms. The van der Waals surface area contributed by atoms with Crippen molar-refractivity contribution in [3.8, 4) is 12.3 Å². The van der Waals surface area contributed by atoms with Gasteiger partial charge >= 0.3 is 0 Å². The molecule has 1 aliphatic rings. The lowest BCUT2D eigenvalue weighted by molar-refractivity contribution is -0.121. The number of carbonyl (C=O) groups is 1. The molecule has 2 rings (SSSR count). The van der Waals surface area contributed by atoms with Gasteiger partial charge in [-0.15, -0.1) is 6.42 Å². The van der Waals surface area contributed by atoms with E-state index in [-0.39, 0.29) is 11.8 Å². The van der Waals surface area contributed by atoms with Gasteiger partial charge < -0.3 is 5.32 Å². The number of terminal acetylenes is 1. The Kier molecular flexibility index (Phi) is 5.23. The number of piperidine rings is 1. The second-order valence-corrected chi connectivity index (χ2v) is 6.00. The van der Waals surface area contributed by atoms with Crippen molar-refractivity contribution in [1.82, 2.24) is 4.90 Å². The monoisotopic (exact) mass is 368 g/mol. The topological polar surface area (TPSA) is 32.3 Å². The number of benzene rings is 1. The van der Waals surface area contributed by atoms with Crippen LogP contribution in [0.5, 0.6) is 0 Å². The summed E-state index contributed by atoms with van der Waals surface area (Å²) in [6, 6.07) is 7.86. The van der Waals surface area contributed by atoms with Gasteiger partial charge in [-0.2, -0.15) is 0 Å². The van der Waals surface area contributed by atoms with Gasteiger partial charge in [0.1, 0.15) is 0 Å². The number of amides is 1. The molecule has 1 amide bonds. The van der Waals surface area contributed by atoms with Crippen molar-refractivity contribution in [2.24, 2.45) is 5.92 Å². The molecule has 1 fully saturated rings. The van der Waals surface area contributed by atoms with Crippen molar-refractivity contribution < 1.29 is 4.79 Å². The molecule has 1 N–H and O–H groups in total. The maximum absolute atomic E-state index is 12.1. The van der Waals surface area contributed by atoms with E-state index in [4.69, 9.17) is 6.42 Å². The van der Waals surface area contributed by atoms with Gasteiger partial charge in [0.05, 0.1) is 6.54 Å². The van der Waals surface area contributed by atoms with Crippen LogP contribution in [0.15, 0.2) is 24.3 Å². The third-order valence-electron chi connectivity index (χ3n) is 3.39. The van der Waals surface area contributed by atoms with Crippen LogP contribution in [0.25, 0.3) is 0 Å². The summed E-state index contributed by atoms with van der Waals surface area (Å²) < 4.78 is 1.16. The minimum atomic E-state index is 0.105. The molecule has 0 radical (unpaired) electrons. The summed E-state index contributed by atoms with van der Waals surface area (Å²) in [7, 11) is 0. The summed E-state index contributed by atoms with van der Waals surface area (Å²) in [4.78, 5) is 14.4. The maximum atomic E-state index is 12.1. The molecule has 0 aliphatic carbocycles. The third-order valence-corrected chi connectivity index (χ3v) is 4.10. The number of anilines is 1. The normalized spacial score (nSPS) is 16.8. The molecule has 19 heavy (non-hydrogen) atoms. The van der Waals surface area contributed by atoms with Crippen molar-refractivity contribution in [3.63, 3.8) is 0 Å². The van der Waals surface area contributed by atoms with Gasteiger partial charge in [-0.1, -0.05) is 5.92 Å². The van der Waals surface area contributed by atoms with Crippen LogP contribution in [-0.4, -0.2) is 30.4 Å². The molecule has 0 atom stereocenters. The average molecular weight is 368 g/mol. The van der Waals surface area contributed by atoms with Gasteiger partial charge in [0.2, 0.25) is 5.91 Å². The van der Waals surface area contributed by atoms with E-state index in [1.54, 1.807) is 0 Å². The van der Waals surface area contributed by atoms with Crippen molar-refractivity contribution in [3.05, 3.63) is 27.8 Å². The number of carbonyl (C=O) groups excluding carboxylic acids is 1. The van der Waals surface area contributed by atoms with Crippen LogP contribution in [0.2, 0.25) is 0 Å². The van der Waals surface area contributed by atoms with E-state index in [0.717, 1.165) is 35.2 Å². The van der Waals surface area contributed by atoms with Crippen LogP contribution in [0.1, 0.15) is 12.8 Å². The van der Waals surface area contributed by atoms with Crippen LogP contribution in [0.3, 0.4) is 0 Å². The van der Waals surface area contributed by atoms with Crippen LogP contribution in [0.4, 0.5) is 5.69 Å². The number of nitrogens with one attached hydrogen (secondary N) is 1. The van der Waals surface area contributed by atoms with Crippen molar-refractivity contribution in [1.29, 1.82) is 0 Å². The van der Waals surface area contributed by atoms with E-state index >= 15 is 0 Å². The van der Waals surface area contributed by atoms with Gasteiger partial charge in [0.25, 0.3) is 0 Å². The molecule has 0 saturated carbocycles. The van der Waals surface area contributed by atoms with Crippen LogP contribution in [0, 0.1) is 21.8 Å². The molecule has 3 nitrogen and oxygen atoms in total. The van der Waals surface area contributed by atoms with Crippen molar-refractivity contribution in [2.45, 2.75) is 12.8 Å². The molecule has 1 heterocycles. The van der Waals surface area contributed by atoms with Gasteiger partial charge in [-0.3, -0.25) is 9.69 Å². The first-order valence-corrected chi connectivity index (χ1v) is 7.49. The number of likely N-dealkylation sites (tertiary alicyclic amines) is 1. The average Bonchev–Trinajstić information content (AvgIpc) is 2.42. The quantitative estimate of drug-likeness (QED) is 0.657. The fraction of sp³-hybridized carbons (Fsp3) is 0.400. The summed E-state index contributed by atoms with van der Waals surface area (Å²) in [6.07, 6.45) is 7.07. The molecule has 0 bridgehead atoms. The molecule has 0 aromatic heterocycles. The van der Waals surface area contributed by atoms with E-state index in [1.165, 1.54) is 0 Å². The predicted octanol–water partition coefficient (Wildman–Crippen LogP) is 2.57. The second kappa shape index (κ2) is 6.92. The van der Waals surface area contributed by atoms with Crippen LogP contribution < -0.4 is 5.32 Å². The van der Waals surface area contributed by atoms with E-state index in [9.17, 15) is 4.79 Å². The fourth-order valence-electron chi connectivity index (χ4n) is 2.26. The third kappa shape index (κ3) is 4.22. The number of hydrogen-bond donors (Lipinski definition) is 1. The SMILES string of the molecule is C#CCN1CCC(C(=O)Nc2ccc(I)cc2)CC1. The molecule has 1 aromatic carbocycles. The minimum absolute atomic E-state index is 0.105. The standard InChI is InChI=1S/C15H17IN2O/c1-2-9-18-10-7-12(8-11-18)15(19)17-14-5-3-13(16)4-6-14/h1,3-6,12H,7-11H2,(H,17,19). The summed E-state index contributed by atoms with van der Waals surface area (Å²) >= 11 is 2.25. The Balaban J connectivity index is 1.85. The smallest absolute Gasteiger partial charge is 0.227 e. The molecule has 1 aliphatic heterocycles. The molecule has 0 spiro atoms. The number of rotatable bonds is 3. The van der Waals surface area contributed by atoms with Gasteiger partial charge in [0.15, 0.2) is 0 Å². The Morgan fingerprint density at radius 1 is 1.37 bits per heavy atom. The Labute approximate surface area is 127 Å². The Hall–Kier alpha value is -1.06.